The first-order valence-electron chi connectivity index (χ1n) is 21.3. The van der Waals surface area contributed by atoms with Gasteiger partial charge < -0.3 is 69.5 Å². The van der Waals surface area contributed by atoms with Crippen LogP contribution in [0.1, 0.15) is 100 Å². The summed E-state index contributed by atoms with van der Waals surface area (Å²) in [6.45, 7) is 12.5. The van der Waals surface area contributed by atoms with E-state index in [9.17, 15) is 63.0 Å². The van der Waals surface area contributed by atoms with Gasteiger partial charge in [-0.15, -0.1) is 0 Å². The van der Waals surface area contributed by atoms with Gasteiger partial charge in [0.2, 0.25) is 59.1 Å². The molecule has 1 aliphatic rings. The maximum Gasteiger partial charge on any atom is 0.326 e. The SMILES string of the molecule is CC(C)C[C@H](NC(=O)[C@H](CCC(N)=O)NC(=O)[C@H](CC(N)=O)NC(=O)CNC(=O)[C@@H](N)[C@@H](C)O)C(=O)N[C@@H](C)C(=O)N[C@H](C(=O)N[C@@H](CC(C)C)C(=O)N1CCC[C@H]1C(=O)O)C(C)C. The summed E-state index contributed by atoms with van der Waals surface area (Å²) in [5, 5.41) is 36.1. The standard InChI is InChI=1S/C40H69N11O13/c1-18(2)14-24(48-34(57)23(11-12-28(41)53)47-36(59)25(16-29(42)54)46-30(55)17-44-37(60)31(43)22(8)52)35(58)45-21(7)33(56)50-32(20(5)6)38(61)49-26(15-19(3)4)39(62)51-13-9-10-27(51)40(63)64/h18-27,31-32,52H,9-17,43H2,1-8H3,(H2,41,53)(H2,42,54)(H,44,60)(H,45,58)(H,46,55)(H,47,59)(H,48,57)(H,49,61)(H,50,56)(H,63,64)/t21-,22+,23-,24-,25-,26-,27-,31-,32-/m0/s1. The highest BCUT2D eigenvalue weighted by Crippen LogP contribution is 2.21. The van der Waals surface area contributed by atoms with Crippen molar-refractivity contribution in [2.75, 3.05) is 13.1 Å². The van der Waals surface area contributed by atoms with Crippen molar-refractivity contribution >= 4 is 65.0 Å². The lowest BCUT2D eigenvalue weighted by molar-refractivity contribution is -0.149. The van der Waals surface area contributed by atoms with Crippen molar-refractivity contribution in [3.63, 3.8) is 0 Å². The molecule has 10 amide bonds. The average molecular weight is 912 g/mol. The molecule has 0 aromatic carbocycles. The number of nitrogens with two attached hydrogens (primary N) is 3. The lowest BCUT2D eigenvalue weighted by Gasteiger charge is -2.31. The molecule has 1 heterocycles. The van der Waals surface area contributed by atoms with E-state index in [1.807, 2.05) is 13.8 Å². The monoisotopic (exact) mass is 912 g/mol. The van der Waals surface area contributed by atoms with Crippen LogP contribution in [0.5, 0.6) is 0 Å². The number of nitrogens with zero attached hydrogens (tertiary/aromatic N) is 1. The van der Waals surface area contributed by atoms with E-state index in [0.717, 1.165) is 0 Å². The summed E-state index contributed by atoms with van der Waals surface area (Å²) in [4.78, 5) is 143. The Hall–Kier alpha value is -5.91. The van der Waals surface area contributed by atoms with Gasteiger partial charge in [0.25, 0.3) is 0 Å². The Kier molecular flexibility index (Phi) is 23.4. The Bertz CT molecular complexity index is 1710. The fraction of sp³-hybridized carbons (Fsp3) is 0.725. The number of aliphatic carboxylic acids is 1. The average Bonchev–Trinajstić information content (AvgIpc) is 3.68. The first-order chi connectivity index (χ1) is 29.7. The molecule has 0 saturated carbocycles. The number of likely N-dealkylation sites (tertiary alicyclic amines) is 1. The molecule has 1 saturated heterocycles. The van der Waals surface area contributed by atoms with Gasteiger partial charge >= 0.3 is 5.97 Å². The lowest BCUT2D eigenvalue weighted by Crippen LogP contribution is -2.60. The number of carboxylic acid groups (broad SMARTS) is 1. The van der Waals surface area contributed by atoms with Gasteiger partial charge in [0, 0.05) is 13.0 Å². The van der Waals surface area contributed by atoms with Gasteiger partial charge in [0.15, 0.2) is 0 Å². The van der Waals surface area contributed by atoms with Crippen molar-refractivity contribution in [2.24, 2.45) is 35.0 Å². The largest absolute Gasteiger partial charge is 0.480 e. The molecule has 24 nitrogen and oxygen atoms in total. The zero-order chi connectivity index (χ0) is 49.2. The normalized spacial score (nSPS) is 17.4. The molecular weight excluding hydrogens is 843 g/mol. The Morgan fingerprint density at radius 3 is 1.69 bits per heavy atom. The number of hydrogen-bond donors (Lipinski definition) is 12. The molecule has 362 valence electrons. The lowest BCUT2D eigenvalue weighted by atomic mass is 9.99. The van der Waals surface area contributed by atoms with Crippen LogP contribution >= 0.6 is 0 Å². The molecule has 1 rings (SSSR count). The van der Waals surface area contributed by atoms with Gasteiger partial charge in [0.05, 0.1) is 19.1 Å². The van der Waals surface area contributed by atoms with Gasteiger partial charge in [-0.2, -0.15) is 0 Å². The van der Waals surface area contributed by atoms with Crippen LogP contribution in [0.4, 0.5) is 0 Å². The molecule has 0 radical (unpaired) electrons. The van der Waals surface area contributed by atoms with Gasteiger partial charge in [-0.05, 0) is 63.7 Å². The smallest absolute Gasteiger partial charge is 0.326 e. The van der Waals surface area contributed by atoms with Crippen molar-refractivity contribution < 1.29 is 63.0 Å². The van der Waals surface area contributed by atoms with Crippen molar-refractivity contribution in [1.29, 1.82) is 0 Å². The fourth-order valence-corrected chi connectivity index (χ4v) is 6.60. The Labute approximate surface area is 372 Å². The number of primary amides is 2. The van der Waals surface area contributed by atoms with E-state index in [2.05, 4.69) is 37.2 Å². The van der Waals surface area contributed by atoms with Crippen molar-refractivity contribution in [3.8, 4) is 0 Å². The summed E-state index contributed by atoms with van der Waals surface area (Å²) in [7, 11) is 0. The molecule has 24 heteroatoms. The molecule has 1 aliphatic heterocycles. The maximum absolute atomic E-state index is 13.7. The van der Waals surface area contributed by atoms with Crippen molar-refractivity contribution in [3.05, 3.63) is 0 Å². The molecule has 9 atom stereocenters. The molecule has 0 aromatic rings. The number of carboxylic acids is 1. The molecule has 0 unspecified atom stereocenters. The predicted octanol–water partition coefficient (Wildman–Crippen LogP) is -4.30. The Morgan fingerprint density at radius 2 is 1.17 bits per heavy atom. The van der Waals surface area contributed by atoms with Crippen LogP contribution in [-0.4, -0.2) is 148 Å². The maximum atomic E-state index is 13.7. The van der Waals surface area contributed by atoms with Crippen LogP contribution < -0.4 is 54.4 Å². The number of aliphatic hydroxyl groups excluding tert-OH is 1. The molecule has 0 bridgehead atoms. The highest BCUT2D eigenvalue weighted by Gasteiger charge is 2.39. The van der Waals surface area contributed by atoms with Crippen LogP contribution in [0.3, 0.4) is 0 Å². The predicted molar refractivity (Wildman–Crippen MR) is 228 cm³/mol. The van der Waals surface area contributed by atoms with E-state index >= 15 is 0 Å². The highest BCUT2D eigenvalue weighted by atomic mass is 16.4. The minimum absolute atomic E-state index is 0.00917. The van der Waals surface area contributed by atoms with E-state index in [0.29, 0.717) is 6.42 Å². The summed E-state index contributed by atoms with van der Waals surface area (Å²) >= 11 is 0. The summed E-state index contributed by atoms with van der Waals surface area (Å²) in [6, 6.07) is -10.5. The van der Waals surface area contributed by atoms with Gasteiger partial charge in [-0.3, -0.25) is 47.9 Å². The Balaban J connectivity index is 3.19. The molecule has 0 spiro atoms. The van der Waals surface area contributed by atoms with Crippen LogP contribution in [0.2, 0.25) is 0 Å². The third-order valence-electron chi connectivity index (χ3n) is 10.1. The fourth-order valence-electron chi connectivity index (χ4n) is 6.60. The van der Waals surface area contributed by atoms with Crippen LogP contribution in [0.15, 0.2) is 0 Å². The highest BCUT2D eigenvalue weighted by molar-refractivity contribution is 5.98. The molecular formula is C40H69N11O13. The van der Waals surface area contributed by atoms with Crippen molar-refractivity contribution in [2.45, 2.75) is 155 Å². The number of carbonyl (C=O) groups excluding carboxylic acids is 10. The summed E-state index contributed by atoms with van der Waals surface area (Å²) in [6.07, 6.45) is -1.87. The number of nitrogens with one attached hydrogen (secondary N) is 7. The number of carbonyl (C=O) groups is 11. The van der Waals surface area contributed by atoms with Crippen LogP contribution in [0.25, 0.3) is 0 Å². The zero-order valence-electron chi connectivity index (χ0n) is 37.9. The molecule has 0 aromatic heterocycles. The van der Waals surface area contributed by atoms with E-state index < -0.39 is 151 Å². The van der Waals surface area contributed by atoms with Gasteiger partial charge in [-0.25, -0.2) is 4.79 Å². The number of hydrogen-bond acceptors (Lipinski definition) is 13. The summed E-state index contributed by atoms with van der Waals surface area (Å²) < 4.78 is 0. The minimum Gasteiger partial charge on any atom is -0.480 e. The third-order valence-corrected chi connectivity index (χ3v) is 10.1. The quantitative estimate of drug-likeness (QED) is 0.0371. The second kappa shape index (κ2) is 26.7. The first kappa shape index (κ1) is 56.1. The van der Waals surface area contributed by atoms with Crippen molar-refractivity contribution in [1.82, 2.24) is 42.1 Å². The number of rotatable bonds is 27. The number of aliphatic hydroxyl groups is 1. The van der Waals surface area contributed by atoms with E-state index in [1.54, 1.807) is 27.7 Å². The third kappa shape index (κ3) is 19.2. The Morgan fingerprint density at radius 1 is 0.641 bits per heavy atom. The van der Waals surface area contributed by atoms with Crippen LogP contribution in [-0.2, 0) is 52.7 Å². The molecule has 1 fully saturated rings. The molecule has 15 N–H and O–H groups in total. The van der Waals surface area contributed by atoms with E-state index in [-0.39, 0.29) is 37.6 Å². The second-order valence-electron chi connectivity index (χ2n) is 17.2. The van der Waals surface area contributed by atoms with E-state index in [1.165, 1.54) is 18.7 Å². The summed E-state index contributed by atoms with van der Waals surface area (Å²) in [5.41, 5.74) is 16.1. The topological polar surface area (TPSA) is 394 Å². The second-order valence-corrected chi connectivity index (χ2v) is 17.2. The zero-order valence-corrected chi connectivity index (χ0v) is 37.9. The molecule has 0 aliphatic carbocycles. The van der Waals surface area contributed by atoms with Gasteiger partial charge in [-0.1, -0.05) is 41.5 Å². The van der Waals surface area contributed by atoms with Gasteiger partial charge in [0.1, 0.15) is 48.3 Å². The van der Waals surface area contributed by atoms with E-state index in [4.69, 9.17) is 17.2 Å². The first-order valence-corrected chi connectivity index (χ1v) is 21.3. The van der Waals surface area contributed by atoms with Crippen LogP contribution in [0, 0.1) is 17.8 Å². The minimum atomic E-state index is -1.68. The molecule has 64 heavy (non-hydrogen) atoms. The summed E-state index contributed by atoms with van der Waals surface area (Å²) in [5.74, 6) is -10.7. The number of amides is 10.